The maximum atomic E-state index is 12.9. The van der Waals surface area contributed by atoms with Gasteiger partial charge in [-0.2, -0.15) is 8.42 Å². The lowest BCUT2D eigenvalue weighted by atomic mass is 10.3. The Bertz CT molecular complexity index is 1180. The normalized spacial score (nSPS) is 12.3. The summed E-state index contributed by atoms with van der Waals surface area (Å²) in [5, 5.41) is -0.393. The van der Waals surface area contributed by atoms with Gasteiger partial charge in [0, 0.05) is 6.20 Å². The van der Waals surface area contributed by atoms with E-state index < -0.39 is 16.4 Å². The number of hydrogen-bond acceptors (Lipinski definition) is 5. The molecule has 0 fully saturated rings. The van der Waals surface area contributed by atoms with Crippen LogP contribution >= 0.6 is 11.3 Å². The van der Waals surface area contributed by atoms with Crippen molar-refractivity contribution in [3.05, 3.63) is 53.8 Å². The van der Waals surface area contributed by atoms with Gasteiger partial charge in [0.1, 0.15) is 5.65 Å². The molecule has 0 aliphatic carbocycles. The lowest BCUT2D eigenvalue weighted by Crippen LogP contribution is -2.15. The molecule has 4 aromatic rings. The monoisotopic (exact) mass is 380 g/mol. The number of rotatable bonds is 4. The molecule has 4 rings (SSSR count). The highest BCUT2D eigenvalue weighted by atomic mass is 32.2. The first-order valence-corrected chi connectivity index (χ1v) is 9.38. The van der Waals surface area contributed by atoms with Crippen LogP contribution in [0.25, 0.3) is 15.9 Å². The van der Waals surface area contributed by atoms with Crippen LogP contribution in [0.2, 0.25) is 0 Å². The zero-order valence-corrected chi connectivity index (χ0v) is 14.1. The van der Waals surface area contributed by atoms with Gasteiger partial charge in [0.2, 0.25) is 0 Å². The number of alkyl halides is 2. The molecule has 0 saturated carbocycles. The molecule has 0 atom stereocenters. The van der Waals surface area contributed by atoms with E-state index in [2.05, 4.69) is 14.7 Å². The molecule has 0 bridgehead atoms. The number of sulfonamides is 1. The Labute approximate surface area is 144 Å². The Kier molecular flexibility index (Phi) is 3.65. The SMILES string of the molecule is O=S(=O)(Nc1cccc2nc(C(F)F)sc12)c1cnc2ccccn12. The number of halogens is 2. The van der Waals surface area contributed by atoms with Crippen molar-refractivity contribution in [1.29, 1.82) is 0 Å². The highest BCUT2D eigenvalue weighted by Crippen LogP contribution is 2.34. The van der Waals surface area contributed by atoms with E-state index in [4.69, 9.17) is 0 Å². The molecule has 1 N–H and O–H groups in total. The summed E-state index contributed by atoms with van der Waals surface area (Å²) >= 11 is 0.763. The van der Waals surface area contributed by atoms with Crippen LogP contribution in [-0.4, -0.2) is 22.8 Å². The van der Waals surface area contributed by atoms with Crippen molar-refractivity contribution in [2.24, 2.45) is 0 Å². The topological polar surface area (TPSA) is 76.4 Å². The first-order chi connectivity index (χ1) is 12.0. The van der Waals surface area contributed by atoms with Crippen LogP contribution in [0.5, 0.6) is 0 Å². The van der Waals surface area contributed by atoms with Crippen LogP contribution in [0.4, 0.5) is 14.5 Å². The summed E-state index contributed by atoms with van der Waals surface area (Å²) in [5.41, 5.74) is 1.00. The number of aromatic nitrogens is 3. The van der Waals surface area contributed by atoms with Crippen molar-refractivity contribution >= 4 is 42.9 Å². The van der Waals surface area contributed by atoms with E-state index in [0.29, 0.717) is 15.9 Å². The smallest absolute Gasteiger partial charge is 0.289 e. The molecule has 0 spiro atoms. The molecule has 0 saturated heterocycles. The molecule has 3 heterocycles. The van der Waals surface area contributed by atoms with Gasteiger partial charge in [-0.15, -0.1) is 11.3 Å². The number of hydrogen-bond donors (Lipinski definition) is 1. The van der Waals surface area contributed by atoms with Crippen molar-refractivity contribution in [1.82, 2.24) is 14.4 Å². The summed E-state index contributed by atoms with van der Waals surface area (Å²) in [5.74, 6) is 0. The van der Waals surface area contributed by atoms with E-state index in [1.54, 1.807) is 36.5 Å². The molecule has 10 heteroatoms. The average molecular weight is 380 g/mol. The van der Waals surface area contributed by atoms with Crippen LogP contribution in [0.1, 0.15) is 11.4 Å². The fourth-order valence-electron chi connectivity index (χ4n) is 2.45. The van der Waals surface area contributed by atoms with Gasteiger partial charge in [-0.25, -0.2) is 18.7 Å². The number of imidazole rings is 1. The minimum atomic E-state index is -3.96. The molecular weight excluding hydrogens is 370 g/mol. The maximum Gasteiger partial charge on any atom is 0.289 e. The lowest BCUT2D eigenvalue weighted by molar-refractivity contribution is 0.151. The second-order valence-corrected chi connectivity index (χ2v) is 7.80. The molecular formula is C15H10F2N4O2S2. The van der Waals surface area contributed by atoms with E-state index >= 15 is 0 Å². The minimum absolute atomic E-state index is 0.0429. The number of benzene rings is 1. The highest BCUT2D eigenvalue weighted by Gasteiger charge is 2.22. The van der Waals surface area contributed by atoms with Crippen LogP contribution < -0.4 is 4.72 Å². The lowest BCUT2D eigenvalue weighted by Gasteiger charge is -2.08. The third-order valence-corrected chi connectivity index (χ3v) is 5.97. The quantitative estimate of drug-likeness (QED) is 0.586. The molecule has 128 valence electrons. The van der Waals surface area contributed by atoms with Crippen LogP contribution in [0.3, 0.4) is 0 Å². The first-order valence-electron chi connectivity index (χ1n) is 7.08. The van der Waals surface area contributed by atoms with E-state index in [1.807, 2.05) is 0 Å². The largest absolute Gasteiger partial charge is 0.289 e. The Morgan fingerprint density at radius 1 is 1.16 bits per heavy atom. The van der Waals surface area contributed by atoms with Gasteiger partial charge < -0.3 is 0 Å². The van der Waals surface area contributed by atoms with Crippen molar-refractivity contribution in [3.63, 3.8) is 0 Å². The van der Waals surface area contributed by atoms with Gasteiger partial charge in [0.15, 0.2) is 10.0 Å². The van der Waals surface area contributed by atoms with Crippen molar-refractivity contribution in [2.45, 2.75) is 11.5 Å². The number of thiazole rings is 1. The number of anilines is 1. The molecule has 0 aliphatic heterocycles. The van der Waals surface area contributed by atoms with Gasteiger partial charge in [-0.3, -0.25) is 9.12 Å². The van der Waals surface area contributed by atoms with E-state index in [-0.39, 0.29) is 15.7 Å². The van der Waals surface area contributed by atoms with Crippen molar-refractivity contribution in [2.75, 3.05) is 4.72 Å². The third-order valence-electron chi connectivity index (χ3n) is 3.52. The van der Waals surface area contributed by atoms with Crippen LogP contribution in [0.15, 0.2) is 53.8 Å². The summed E-state index contributed by atoms with van der Waals surface area (Å²) in [6, 6.07) is 9.74. The van der Waals surface area contributed by atoms with Gasteiger partial charge in [0.05, 0.1) is 22.1 Å². The van der Waals surface area contributed by atoms with Crippen LogP contribution in [-0.2, 0) is 10.0 Å². The zero-order chi connectivity index (χ0) is 17.6. The fourth-order valence-corrected chi connectivity index (χ4v) is 4.57. The average Bonchev–Trinajstić information content (AvgIpc) is 3.19. The fraction of sp³-hybridized carbons (Fsp3) is 0.0667. The second-order valence-electron chi connectivity index (χ2n) is 5.14. The van der Waals surface area contributed by atoms with Crippen molar-refractivity contribution < 1.29 is 17.2 Å². The molecule has 0 unspecified atom stereocenters. The van der Waals surface area contributed by atoms with E-state index in [9.17, 15) is 17.2 Å². The summed E-state index contributed by atoms with van der Waals surface area (Å²) in [6.45, 7) is 0. The van der Waals surface area contributed by atoms with Gasteiger partial charge >= 0.3 is 0 Å². The molecule has 1 aromatic carbocycles. The van der Waals surface area contributed by atoms with E-state index in [0.717, 1.165) is 11.3 Å². The highest BCUT2D eigenvalue weighted by molar-refractivity contribution is 7.92. The summed E-state index contributed by atoms with van der Waals surface area (Å²) < 4.78 is 55.4. The first kappa shape index (κ1) is 15.9. The summed E-state index contributed by atoms with van der Waals surface area (Å²) in [7, 11) is -3.96. The van der Waals surface area contributed by atoms with Gasteiger partial charge in [-0.1, -0.05) is 12.1 Å². The van der Waals surface area contributed by atoms with Gasteiger partial charge in [-0.05, 0) is 24.3 Å². The zero-order valence-electron chi connectivity index (χ0n) is 12.4. The Morgan fingerprint density at radius 3 is 2.80 bits per heavy atom. The number of nitrogens with one attached hydrogen (secondary N) is 1. The standard InChI is InChI=1S/C15H10F2N4O2S2/c16-14(17)15-19-9-4-3-5-10(13(9)24-15)20-25(22,23)12-8-18-11-6-1-2-7-21(11)12/h1-8,14,20H. The molecule has 3 aromatic heterocycles. The summed E-state index contributed by atoms with van der Waals surface area (Å²) in [6.07, 6.45) is 0.120. The maximum absolute atomic E-state index is 12.9. The van der Waals surface area contributed by atoms with Gasteiger partial charge in [0.25, 0.3) is 16.4 Å². The summed E-state index contributed by atoms with van der Waals surface area (Å²) in [4.78, 5) is 7.88. The molecule has 0 radical (unpaired) electrons. The van der Waals surface area contributed by atoms with Crippen molar-refractivity contribution in [3.8, 4) is 0 Å². The molecule has 0 amide bonds. The second kappa shape index (κ2) is 5.74. The van der Waals surface area contributed by atoms with Crippen LogP contribution in [0, 0.1) is 0 Å². The Hall–Kier alpha value is -2.59. The molecule has 6 nitrogen and oxygen atoms in total. The number of nitrogens with zero attached hydrogens (tertiary/aromatic N) is 3. The predicted octanol–water partition coefficient (Wildman–Crippen LogP) is 3.68. The Balaban J connectivity index is 1.80. The predicted molar refractivity (Wildman–Crippen MR) is 90.6 cm³/mol. The number of pyridine rings is 1. The Morgan fingerprint density at radius 2 is 2.00 bits per heavy atom. The molecule has 25 heavy (non-hydrogen) atoms. The number of fused-ring (bicyclic) bond motifs is 2. The minimum Gasteiger partial charge on any atom is -0.289 e. The van der Waals surface area contributed by atoms with E-state index in [1.165, 1.54) is 16.7 Å². The third kappa shape index (κ3) is 2.72. The molecule has 0 aliphatic rings.